The van der Waals surface area contributed by atoms with E-state index in [1.165, 1.54) is 189 Å². The maximum atomic E-state index is 14.0. The molecule has 0 amide bonds. The number of aliphatic hydroxyl groups excluding tert-OH is 1. The van der Waals surface area contributed by atoms with Gasteiger partial charge in [-0.05, 0) is 213 Å². The van der Waals surface area contributed by atoms with Gasteiger partial charge in [-0.1, -0.05) is 113 Å². The Morgan fingerprint density at radius 3 is 0.841 bits per heavy atom. The predicted molar refractivity (Wildman–Crippen MR) is 502 cm³/mol. The molecule has 0 aliphatic heterocycles. The second-order valence-electron chi connectivity index (χ2n) is 31.0. The Balaban J connectivity index is 0.000000173. The first-order valence-electron chi connectivity index (χ1n) is 42.3. The highest BCUT2D eigenvalue weighted by Crippen LogP contribution is 2.49. The van der Waals surface area contributed by atoms with Crippen molar-refractivity contribution in [1.82, 2.24) is 73.8 Å². The summed E-state index contributed by atoms with van der Waals surface area (Å²) in [7, 11) is 2.69. The van der Waals surface area contributed by atoms with Crippen molar-refractivity contribution < 1.29 is 119 Å². The fourth-order valence-electron chi connectivity index (χ4n) is 14.4. The molecule has 5 atom stereocenters. The van der Waals surface area contributed by atoms with Crippen LogP contribution >= 0.6 is 58.0 Å². The van der Waals surface area contributed by atoms with Gasteiger partial charge in [-0.3, -0.25) is 0 Å². The molecule has 0 fully saturated rings. The molecule has 5 unspecified atom stereocenters. The average Bonchev–Trinajstić information content (AvgIpc) is 1.29. The zero-order chi connectivity index (χ0) is 105. The van der Waals surface area contributed by atoms with Crippen LogP contribution in [0.4, 0.5) is 65.9 Å². The molecule has 758 valence electrons. The highest BCUT2D eigenvalue weighted by molar-refractivity contribution is 6.31. The maximum absolute atomic E-state index is 14.0. The van der Waals surface area contributed by atoms with Crippen molar-refractivity contribution in [3.63, 3.8) is 0 Å². The molecule has 15 rings (SSSR count). The van der Waals surface area contributed by atoms with Crippen molar-refractivity contribution in [3.05, 3.63) is 356 Å². The van der Waals surface area contributed by atoms with Gasteiger partial charge in [0.15, 0.2) is 16.8 Å². The third-order valence-electron chi connectivity index (χ3n) is 21.1. The van der Waals surface area contributed by atoms with E-state index in [4.69, 9.17) is 97.6 Å². The van der Waals surface area contributed by atoms with Crippen molar-refractivity contribution in [1.29, 1.82) is 0 Å². The molecule has 4 N–H and O–H groups in total. The minimum absolute atomic E-state index is 0.00829. The first kappa shape index (κ1) is 111. The quantitative estimate of drug-likeness (QED) is 0.0240. The molecule has 15 aromatic rings. The molecule has 0 bridgehead atoms. The number of methoxy groups -OCH3 is 2. The van der Waals surface area contributed by atoms with Gasteiger partial charge < -0.3 is 53.6 Å². The highest BCUT2D eigenvalue weighted by atomic mass is 35.5. The van der Waals surface area contributed by atoms with Crippen LogP contribution in [0.1, 0.15) is 89.2 Å². The molecule has 10 aromatic carbocycles. The van der Waals surface area contributed by atoms with Gasteiger partial charge in [0.05, 0.1) is 60.5 Å². The lowest BCUT2D eigenvalue weighted by molar-refractivity contribution is -0.142. The SMILES string of the molecule is C#CC(O)(Cn1cncn1)c1ccc(Oc2ccc(Cl)cc2)cc1C(F)(F)F.CC#CC(Cn1cncn1)(OC)c1ccc(Oc2ccc(Cl)cc2)cc1C(F)(F)F.CC#CC(O)(Cn1cncn1)c1ccc(Oc2ccc(Cl)cc2)cc1C(F)(F)F.CCC(Cn1cncn1)(OC)c1ccc(Oc2ccc(Cl)cc2)cc1C(F)(F)F.OCCC(O)(Cn1cncn1)c1ccc(Oc2ccc(Cl)cc2)cc1C(F)(F)F. The number of ether oxygens (including phenoxy) is 7. The van der Waals surface area contributed by atoms with Gasteiger partial charge in [-0.15, -0.1) is 18.3 Å². The summed E-state index contributed by atoms with van der Waals surface area (Å²) < 4.78 is 253. The predicted octanol–water partition coefficient (Wildman–Crippen LogP) is 23.9. The summed E-state index contributed by atoms with van der Waals surface area (Å²) in [5.41, 5.74) is -15.6. The van der Waals surface area contributed by atoms with E-state index in [1.807, 2.05) is 5.92 Å². The standard InChI is InChI=1S/C21H17ClF3N3O2.C20H19ClF3N3O2.C20H15ClF3N3O2.C19H17ClF3N3O3.C19H13ClF3N3O2/c1-3-10-20(29-2,12-28-14-26-13-27-28)18-9-8-17(11-19(18)21(23,24)25)30-16-6-4-15(22)5-7-16;1-3-19(28-2,11-27-13-25-12-26-27)17-9-8-16(10-18(17)20(22,23)24)29-15-6-4-14(21)5-7-15;1-2-9-19(28,11-27-13-25-12-26-27)17-8-7-16(10-18(17)20(22,23)24)29-15-5-3-14(21)4-6-15;20-13-1-3-14(4-2-13)29-15-5-6-16(17(9-15)19(21,22)23)18(28,7-8-27)10-26-12-24-11-25-26;1-2-18(27,10-26-12-24-11-25-26)16-8-7-15(9-17(16)19(21,22)23)28-14-5-3-13(20)4-6-14/h4-9,11,13-14H,12H2,1-2H3;4-10,12-13H,3,11H2,1-2H3;3-8,10,12-13,28H,11H2,1H3;1-6,9,11-12,27-28H,7-8,10H2;1,3-9,11-12,27H,10H2. The van der Waals surface area contributed by atoms with Crippen molar-refractivity contribution in [2.75, 3.05) is 20.8 Å². The van der Waals surface area contributed by atoms with E-state index >= 15 is 0 Å². The molecule has 46 heteroatoms. The fraction of sp³-hybridized carbons (Fsp3) is 0.232. The lowest BCUT2D eigenvalue weighted by Crippen LogP contribution is -2.35. The van der Waals surface area contributed by atoms with Crippen LogP contribution in [0.3, 0.4) is 0 Å². The van der Waals surface area contributed by atoms with Gasteiger partial charge in [-0.2, -0.15) is 91.3 Å². The van der Waals surface area contributed by atoms with E-state index in [1.54, 1.807) is 91.9 Å². The second kappa shape index (κ2) is 48.4. The third-order valence-corrected chi connectivity index (χ3v) is 22.4. The van der Waals surface area contributed by atoms with Crippen molar-refractivity contribution >= 4 is 58.0 Å². The summed E-state index contributed by atoms with van der Waals surface area (Å²) in [4.78, 5) is 18.8. The Labute approximate surface area is 842 Å². The van der Waals surface area contributed by atoms with Crippen LogP contribution in [0.15, 0.2) is 276 Å². The van der Waals surface area contributed by atoms with E-state index in [0.29, 0.717) is 60.3 Å². The monoisotopic (exact) mass is 2120 g/mol. The summed E-state index contributed by atoms with van der Waals surface area (Å²) >= 11 is 29.0. The Kier molecular flexibility index (Phi) is 37.1. The lowest BCUT2D eigenvalue weighted by Gasteiger charge is -2.34. The van der Waals surface area contributed by atoms with Crippen molar-refractivity contribution in [3.8, 4) is 93.5 Å². The first-order valence-corrected chi connectivity index (χ1v) is 44.2. The molecule has 5 aromatic heterocycles. The highest BCUT2D eigenvalue weighted by Gasteiger charge is 2.48. The van der Waals surface area contributed by atoms with Crippen LogP contribution in [0, 0.1) is 36.0 Å². The number of hydrogen-bond acceptors (Lipinski definition) is 21. The van der Waals surface area contributed by atoms with E-state index in [9.17, 15) is 86.3 Å². The van der Waals surface area contributed by atoms with Crippen molar-refractivity contribution in [2.24, 2.45) is 0 Å². The van der Waals surface area contributed by atoms with Crippen LogP contribution in [0.5, 0.6) is 57.5 Å². The smallest absolute Gasteiger partial charge is 0.416 e. The van der Waals surface area contributed by atoms with Gasteiger partial charge in [0.2, 0.25) is 0 Å². The molecule has 0 radical (unpaired) electrons. The van der Waals surface area contributed by atoms with E-state index in [0.717, 1.165) is 53.2 Å². The Morgan fingerprint density at radius 2 is 0.566 bits per heavy atom. The molecule has 145 heavy (non-hydrogen) atoms. The number of hydrogen-bond donors (Lipinski definition) is 4. The summed E-state index contributed by atoms with van der Waals surface area (Å²) in [5.74, 6) is 14.0. The molecule has 0 saturated carbocycles. The summed E-state index contributed by atoms with van der Waals surface area (Å²) in [6.45, 7) is 3.17. The normalized spacial score (nSPS) is 13.6. The zero-order valence-corrected chi connectivity index (χ0v) is 79.9. The molecule has 0 aliphatic rings. The topological polar surface area (TPSA) is 299 Å². The minimum Gasteiger partial charge on any atom is -0.457 e. The Hall–Kier alpha value is -14.3. The fourth-order valence-corrected chi connectivity index (χ4v) is 15.0. The zero-order valence-electron chi connectivity index (χ0n) is 76.1. The Morgan fingerprint density at radius 1 is 0.310 bits per heavy atom. The molecule has 0 saturated heterocycles. The van der Waals surface area contributed by atoms with Gasteiger partial charge in [0.25, 0.3) is 0 Å². The number of aliphatic hydroxyl groups is 4. The molecular formula is C99H81Cl5F15N15O11. The van der Waals surface area contributed by atoms with E-state index in [-0.39, 0.29) is 72.5 Å². The number of benzene rings is 10. The number of aromatic nitrogens is 15. The molecule has 5 heterocycles. The number of nitrogens with zero attached hydrogens (tertiary/aromatic N) is 15. The van der Waals surface area contributed by atoms with Gasteiger partial charge in [-0.25, -0.2) is 48.3 Å². The van der Waals surface area contributed by atoms with Crippen LogP contribution in [0.2, 0.25) is 25.1 Å². The number of halogens is 20. The van der Waals surface area contributed by atoms with Gasteiger partial charge in [0.1, 0.15) is 132 Å². The van der Waals surface area contributed by atoms with Crippen LogP contribution in [-0.2, 0) is 101 Å². The molecule has 0 aliphatic carbocycles. The Bertz CT molecular complexity index is 6900. The summed E-state index contributed by atoms with van der Waals surface area (Å²) in [6.07, 6.45) is -5.38. The number of rotatable bonds is 30. The lowest BCUT2D eigenvalue weighted by atomic mass is 9.86. The van der Waals surface area contributed by atoms with E-state index < -0.39 is 117 Å². The third kappa shape index (κ3) is 30.2. The van der Waals surface area contributed by atoms with Crippen LogP contribution < -0.4 is 23.7 Å². The van der Waals surface area contributed by atoms with Gasteiger partial charge >= 0.3 is 30.9 Å². The molecule has 0 spiro atoms. The van der Waals surface area contributed by atoms with Crippen molar-refractivity contribution in [2.45, 2.75) is 125 Å². The molecule has 26 nitrogen and oxygen atoms in total. The van der Waals surface area contributed by atoms with Gasteiger partial charge in [0, 0.05) is 69.1 Å². The summed E-state index contributed by atoms with van der Waals surface area (Å²) in [5, 5.41) is 63.9. The maximum Gasteiger partial charge on any atom is 0.416 e. The minimum atomic E-state index is -4.78. The first-order chi connectivity index (χ1) is 68.7. The second-order valence-corrected chi connectivity index (χ2v) is 33.2. The average molecular weight is 2120 g/mol. The molecular weight excluding hydrogens is 2040 g/mol. The van der Waals surface area contributed by atoms with Crippen LogP contribution in [-0.4, -0.2) is 115 Å². The number of terminal acetylenes is 1. The largest absolute Gasteiger partial charge is 0.457 e. The summed E-state index contributed by atoms with van der Waals surface area (Å²) in [6, 6.07) is 48.4. The number of alkyl halides is 15. The van der Waals surface area contributed by atoms with E-state index in [2.05, 4.69) is 74.1 Å². The van der Waals surface area contributed by atoms with Crippen LogP contribution in [0.25, 0.3) is 0 Å².